The predicted octanol–water partition coefficient (Wildman–Crippen LogP) is 10.1. The van der Waals surface area contributed by atoms with Crippen LogP contribution in [0.2, 0.25) is 0 Å². The van der Waals surface area contributed by atoms with E-state index in [1.165, 1.54) is 0 Å². The summed E-state index contributed by atoms with van der Waals surface area (Å²) in [6.07, 6.45) is 0. The van der Waals surface area contributed by atoms with E-state index < -0.39 is 0 Å². The van der Waals surface area contributed by atoms with E-state index in [9.17, 15) is 0 Å². The molecule has 0 radical (unpaired) electrons. The van der Waals surface area contributed by atoms with Gasteiger partial charge < -0.3 is 4.42 Å². The van der Waals surface area contributed by atoms with Gasteiger partial charge in [-0.15, -0.1) is 0 Å². The molecule has 0 aliphatic rings. The van der Waals surface area contributed by atoms with Crippen molar-refractivity contribution in [2.45, 2.75) is 0 Å². The zero-order valence-electron chi connectivity index (χ0n) is 23.2. The van der Waals surface area contributed by atoms with Crippen molar-refractivity contribution in [1.29, 1.82) is 0 Å². The second-order valence-corrected chi connectivity index (χ2v) is 10.4. The van der Waals surface area contributed by atoms with E-state index in [0.29, 0.717) is 17.5 Å². The molecule has 2 heterocycles. The maximum absolute atomic E-state index is 6.21. The number of furan rings is 1. The van der Waals surface area contributed by atoms with Crippen molar-refractivity contribution in [2.75, 3.05) is 0 Å². The lowest BCUT2D eigenvalue weighted by atomic mass is 9.94. The van der Waals surface area contributed by atoms with Crippen LogP contribution < -0.4 is 0 Å². The largest absolute Gasteiger partial charge is 0.456 e. The Balaban J connectivity index is 1.40. The fourth-order valence-corrected chi connectivity index (χ4v) is 5.70. The van der Waals surface area contributed by atoms with Gasteiger partial charge in [-0.05, 0) is 46.5 Å². The van der Waals surface area contributed by atoms with Gasteiger partial charge in [0.15, 0.2) is 17.5 Å². The fourth-order valence-electron chi connectivity index (χ4n) is 5.70. The average Bonchev–Trinajstić information content (AvgIpc) is 3.48. The third kappa shape index (κ3) is 4.55. The Hall–Kier alpha value is -5.87. The van der Waals surface area contributed by atoms with E-state index in [1.54, 1.807) is 0 Å². The monoisotopic (exact) mass is 551 g/mol. The van der Waals surface area contributed by atoms with Crippen molar-refractivity contribution in [3.8, 4) is 56.4 Å². The van der Waals surface area contributed by atoms with E-state index in [-0.39, 0.29) is 0 Å². The van der Waals surface area contributed by atoms with Crippen LogP contribution in [0.1, 0.15) is 0 Å². The van der Waals surface area contributed by atoms with Crippen LogP contribution in [-0.2, 0) is 0 Å². The number of hydrogen-bond acceptors (Lipinski definition) is 4. The fraction of sp³-hybridized carbons (Fsp3) is 0. The quantitative estimate of drug-likeness (QED) is 0.214. The molecule has 6 aromatic carbocycles. The van der Waals surface area contributed by atoms with E-state index in [4.69, 9.17) is 19.4 Å². The standard InChI is InChI=1S/C39H25N3O/c1-4-13-26(14-5-1)29-23-24-30(33(25-29)27-15-6-2-7-16-27)38-40-37(28-17-8-3-9-18-28)41-39(42-38)32-20-12-22-35-36(32)31-19-10-11-21-34(31)43-35/h1-25H. The average molecular weight is 552 g/mol. The van der Waals surface area contributed by atoms with Gasteiger partial charge in [-0.3, -0.25) is 0 Å². The van der Waals surface area contributed by atoms with Crippen molar-refractivity contribution in [1.82, 2.24) is 15.0 Å². The molecule has 0 aliphatic carbocycles. The van der Waals surface area contributed by atoms with Crippen LogP contribution in [0.5, 0.6) is 0 Å². The number of benzene rings is 6. The molecule has 0 saturated heterocycles. The maximum atomic E-state index is 6.21. The highest BCUT2D eigenvalue weighted by molar-refractivity contribution is 6.11. The molecule has 0 spiro atoms. The smallest absolute Gasteiger partial charge is 0.164 e. The summed E-state index contributed by atoms with van der Waals surface area (Å²) in [4.78, 5) is 15.3. The summed E-state index contributed by atoms with van der Waals surface area (Å²) < 4.78 is 6.21. The molecule has 4 heteroatoms. The number of hydrogen-bond donors (Lipinski definition) is 0. The summed E-state index contributed by atoms with van der Waals surface area (Å²) in [5.41, 5.74) is 8.87. The Labute approximate surface area is 249 Å². The molecule has 0 fully saturated rings. The van der Waals surface area contributed by atoms with Crippen LogP contribution in [0.4, 0.5) is 0 Å². The summed E-state index contributed by atoms with van der Waals surface area (Å²) in [7, 11) is 0. The SMILES string of the molecule is c1ccc(-c2ccc(-c3nc(-c4ccccc4)nc(-c4cccc5oc6ccccc6c45)n3)c(-c3ccccc3)c2)cc1. The molecule has 202 valence electrons. The Bertz CT molecular complexity index is 2220. The lowest BCUT2D eigenvalue weighted by Gasteiger charge is -2.14. The van der Waals surface area contributed by atoms with E-state index in [2.05, 4.69) is 78.9 Å². The second kappa shape index (κ2) is 10.5. The van der Waals surface area contributed by atoms with Crippen molar-refractivity contribution in [3.63, 3.8) is 0 Å². The third-order valence-electron chi connectivity index (χ3n) is 7.76. The summed E-state index contributed by atoms with van der Waals surface area (Å²) in [6.45, 7) is 0. The van der Waals surface area contributed by atoms with Crippen molar-refractivity contribution in [2.24, 2.45) is 0 Å². The molecule has 0 N–H and O–H groups in total. The highest BCUT2D eigenvalue weighted by Crippen LogP contribution is 2.38. The van der Waals surface area contributed by atoms with Crippen molar-refractivity contribution in [3.05, 3.63) is 152 Å². The lowest BCUT2D eigenvalue weighted by molar-refractivity contribution is 0.669. The molecule has 8 rings (SSSR count). The van der Waals surface area contributed by atoms with Crippen LogP contribution in [0, 0.1) is 0 Å². The van der Waals surface area contributed by atoms with E-state index in [1.807, 2.05) is 72.8 Å². The van der Waals surface area contributed by atoms with Gasteiger partial charge in [-0.1, -0.05) is 127 Å². The van der Waals surface area contributed by atoms with Crippen molar-refractivity contribution >= 4 is 21.9 Å². The summed E-state index contributed by atoms with van der Waals surface area (Å²) in [6, 6.07) is 51.6. The van der Waals surface area contributed by atoms with Crippen LogP contribution in [0.3, 0.4) is 0 Å². The van der Waals surface area contributed by atoms with Gasteiger partial charge in [0.2, 0.25) is 0 Å². The molecule has 2 aromatic heterocycles. The van der Waals surface area contributed by atoms with Gasteiger partial charge in [0.25, 0.3) is 0 Å². The first kappa shape index (κ1) is 24.9. The Morgan fingerprint density at radius 2 is 0.930 bits per heavy atom. The summed E-state index contributed by atoms with van der Waals surface area (Å²) in [5, 5.41) is 2.03. The zero-order chi connectivity index (χ0) is 28.6. The summed E-state index contributed by atoms with van der Waals surface area (Å²) in [5.74, 6) is 1.84. The molecule has 8 aromatic rings. The Morgan fingerprint density at radius 1 is 0.349 bits per heavy atom. The number of fused-ring (bicyclic) bond motifs is 3. The molecule has 0 saturated carbocycles. The number of nitrogens with zero attached hydrogens (tertiary/aromatic N) is 3. The Kier molecular flexibility index (Phi) is 6.08. The molecule has 0 unspecified atom stereocenters. The van der Waals surface area contributed by atoms with Crippen molar-refractivity contribution < 1.29 is 4.42 Å². The van der Waals surface area contributed by atoms with Gasteiger partial charge in [0.05, 0.1) is 0 Å². The number of para-hydroxylation sites is 1. The maximum Gasteiger partial charge on any atom is 0.164 e. The third-order valence-corrected chi connectivity index (χ3v) is 7.76. The van der Waals surface area contributed by atoms with Gasteiger partial charge in [-0.2, -0.15) is 0 Å². The molecule has 0 aliphatic heterocycles. The van der Waals surface area contributed by atoms with Crippen LogP contribution in [-0.4, -0.2) is 15.0 Å². The lowest BCUT2D eigenvalue weighted by Crippen LogP contribution is -2.01. The molecule has 0 atom stereocenters. The highest BCUT2D eigenvalue weighted by Gasteiger charge is 2.19. The minimum Gasteiger partial charge on any atom is -0.456 e. The van der Waals surface area contributed by atoms with E-state index >= 15 is 0 Å². The van der Waals surface area contributed by atoms with Gasteiger partial charge in [0, 0.05) is 27.5 Å². The number of aromatic nitrogens is 3. The first-order valence-electron chi connectivity index (χ1n) is 14.3. The van der Waals surface area contributed by atoms with Gasteiger partial charge in [0.1, 0.15) is 11.2 Å². The van der Waals surface area contributed by atoms with E-state index in [0.717, 1.165) is 60.9 Å². The minimum atomic E-state index is 0.604. The molecular formula is C39H25N3O. The normalized spacial score (nSPS) is 11.3. The molecular weight excluding hydrogens is 526 g/mol. The minimum absolute atomic E-state index is 0.604. The topological polar surface area (TPSA) is 51.8 Å². The highest BCUT2D eigenvalue weighted by atomic mass is 16.3. The van der Waals surface area contributed by atoms with Gasteiger partial charge in [-0.25, -0.2) is 15.0 Å². The summed E-state index contributed by atoms with van der Waals surface area (Å²) >= 11 is 0. The predicted molar refractivity (Wildman–Crippen MR) is 174 cm³/mol. The molecule has 4 nitrogen and oxygen atoms in total. The molecule has 43 heavy (non-hydrogen) atoms. The molecule has 0 bridgehead atoms. The zero-order valence-corrected chi connectivity index (χ0v) is 23.2. The first-order chi connectivity index (χ1) is 21.3. The first-order valence-corrected chi connectivity index (χ1v) is 14.3. The number of rotatable bonds is 5. The van der Waals surface area contributed by atoms with Crippen LogP contribution in [0.15, 0.2) is 156 Å². The van der Waals surface area contributed by atoms with Crippen LogP contribution >= 0.6 is 0 Å². The molecule has 0 amide bonds. The van der Waals surface area contributed by atoms with Crippen LogP contribution in [0.25, 0.3) is 78.4 Å². The van der Waals surface area contributed by atoms with Gasteiger partial charge >= 0.3 is 0 Å². The second-order valence-electron chi connectivity index (χ2n) is 10.4. The Morgan fingerprint density at radius 3 is 1.67 bits per heavy atom.